The Morgan fingerprint density at radius 2 is 1.68 bits per heavy atom. The summed E-state index contributed by atoms with van der Waals surface area (Å²) < 4.78 is 5.13. The summed E-state index contributed by atoms with van der Waals surface area (Å²) in [6, 6.07) is 7.27. The summed E-state index contributed by atoms with van der Waals surface area (Å²) in [4.78, 5) is 39.8. The number of benzene rings is 1. The highest BCUT2D eigenvalue weighted by Crippen LogP contribution is 2.13. The van der Waals surface area contributed by atoms with Crippen LogP contribution in [-0.2, 0) is 20.7 Å². The molecule has 154 valence electrons. The van der Waals surface area contributed by atoms with Gasteiger partial charge >= 0.3 is 6.09 Å². The van der Waals surface area contributed by atoms with Crippen LogP contribution in [0, 0.1) is 0 Å². The number of hydrogen-bond acceptors (Lipinski definition) is 4. The number of alkyl carbamates (subject to hydrolysis) is 1. The summed E-state index contributed by atoms with van der Waals surface area (Å²) >= 11 is 5.96. The maximum absolute atomic E-state index is 12.4. The van der Waals surface area contributed by atoms with Crippen LogP contribution >= 0.6 is 11.6 Å². The Bertz CT molecular complexity index is 710. The SMILES string of the molecule is CC(C)(C)OC(=O)NCCC(=O)N1CCN(C(=O)Cc2cccc(Cl)c2)CC1. The molecule has 1 aliphatic rings. The largest absolute Gasteiger partial charge is 0.444 e. The van der Waals surface area contributed by atoms with Crippen molar-refractivity contribution in [1.82, 2.24) is 15.1 Å². The van der Waals surface area contributed by atoms with Crippen LogP contribution in [0.4, 0.5) is 4.79 Å². The van der Waals surface area contributed by atoms with Crippen LogP contribution in [-0.4, -0.2) is 66.0 Å². The number of rotatable bonds is 5. The van der Waals surface area contributed by atoms with Crippen LogP contribution in [0.25, 0.3) is 0 Å². The van der Waals surface area contributed by atoms with Crippen LogP contribution in [0.15, 0.2) is 24.3 Å². The van der Waals surface area contributed by atoms with Gasteiger partial charge in [-0.3, -0.25) is 9.59 Å². The zero-order valence-electron chi connectivity index (χ0n) is 16.7. The van der Waals surface area contributed by atoms with E-state index in [2.05, 4.69) is 5.32 Å². The van der Waals surface area contributed by atoms with Crippen molar-refractivity contribution in [2.75, 3.05) is 32.7 Å². The summed E-state index contributed by atoms with van der Waals surface area (Å²) in [6.45, 7) is 7.57. The molecule has 1 N–H and O–H groups in total. The molecule has 1 saturated heterocycles. The second kappa shape index (κ2) is 9.78. The number of hydrogen-bond donors (Lipinski definition) is 1. The average Bonchev–Trinajstić information content (AvgIpc) is 2.60. The lowest BCUT2D eigenvalue weighted by Crippen LogP contribution is -2.51. The van der Waals surface area contributed by atoms with Crippen LogP contribution in [0.2, 0.25) is 5.02 Å². The first kappa shape index (κ1) is 22.0. The monoisotopic (exact) mass is 409 g/mol. The van der Waals surface area contributed by atoms with Crippen molar-refractivity contribution in [3.8, 4) is 0 Å². The number of nitrogens with one attached hydrogen (secondary N) is 1. The van der Waals surface area contributed by atoms with E-state index in [1.807, 2.05) is 12.1 Å². The lowest BCUT2D eigenvalue weighted by Gasteiger charge is -2.35. The van der Waals surface area contributed by atoms with Crippen molar-refractivity contribution in [1.29, 1.82) is 0 Å². The predicted molar refractivity (Wildman–Crippen MR) is 107 cm³/mol. The van der Waals surface area contributed by atoms with E-state index in [9.17, 15) is 14.4 Å². The van der Waals surface area contributed by atoms with Crippen molar-refractivity contribution in [2.45, 2.75) is 39.2 Å². The fourth-order valence-electron chi connectivity index (χ4n) is 2.88. The maximum atomic E-state index is 12.4. The molecule has 0 atom stereocenters. The fraction of sp³-hybridized carbons (Fsp3) is 0.550. The molecule has 1 aromatic rings. The molecule has 3 amide bonds. The lowest BCUT2D eigenvalue weighted by molar-refractivity contribution is -0.139. The molecule has 0 aromatic heterocycles. The molecule has 0 spiro atoms. The van der Waals surface area contributed by atoms with E-state index in [-0.39, 0.29) is 24.8 Å². The minimum Gasteiger partial charge on any atom is -0.444 e. The van der Waals surface area contributed by atoms with Gasteiger partial charge in [0, 0.05) is 44.2 Å². The van der Waals surface area contributed by atoms with Gasteiger partial charge in [0.1, 0.15) is 5.60 Å². The first-order valence-corrected chi connectivity index (χ1v) is 9.79. The van der Waals surface area contributed by atoms with Gasteiger partial charge in [-0.05, 0) is 38.5 Å². The van der Waals surface area contributed by atoms with Gasteiger partial charge < -0.3 is 19.9 Å². The highest BCUT2D eigenvalue weighted by Gasteiger charge is 2.24. The summed E-state index contributed by atoms with van der Waals surface area (Å²) in [5, 5.41) is 3.20. The summed E-state index contributed by atoms with van der Waals surface area (Å²) in [7, 11) is 0. The Morgan fingerprint density at radius 3 is 2.25 bits per heavy atom. The predicted octanol–water partition coefficient (Wildman–Crippen LogP) is 2.47. The van der Waals surface area contributed by atoms with Gasteiger partial charge in [-0.1, -0.05) is 23.7 Å². The van der Waals surface area contributed by atoms with Gasteiger partial charge in [0.2, 0.25) is 11.8 Å². The first-order valence-electron chi connectivity index (χ1n) is 9.41. The van der Waals surface area contributed by atoms with E-state index in [0.29, 0.717) is 37.6 Å². The zero-order chi connectivity index (χ0) is 20.7. The van der Waals surface area contributed by atoms with Gasteiger partial charge in [-0.2, -0.15) is 0 Å². The standard InChI is InChI=1S/C20H28ClN3O4/c1-20(2,3)28-19(27)22-8-7-17(25)23-9-11-24(12-10-23)18(26)14-15-5-4-6-16(21)13-15/h4-6,13H,7-12,14H2,1-3H3,(H,22,27). The highest BCUT2D eigenvalue weighted by atomic mass is 35.5. The summed E-state index contributed by atoms with van der Waals surface area (Å²) in [5.41, 5.74) is 0.311. The maximum Gasteiger partial charge on any atom is 0.407 e. The van der Waals surface area contributed by atoms with E-state index in [0.717, 1.165) is 5.56 Å². The van der Waals surface area contributed by atoms with Crippen LogP contribution in [0.5, 0.6) is 0 Å². The third-order valence-electron chi connectivity index (χ3n) is 4.24. The van der Waals surface area contributed by atoms with Gasteiger partial charge in [0.15, 0.2) is 0 Å². The van der Waals surface area contributed by atoms with Crippen LogP contribution in [0.1, 0.15) is 32.8 Å². The van der Waals surface area contributed by atoms with Crippen molar-refractivity contribution in [3.63, 3.8) is 0 Å². The number of carbonyl (C=O) groups excluding carboxylic acids is 3. The highest BCUT2D eigenvalue weighted by molar-refractivity contribution is 6.30. The number of amides is 3. The molecular formula is C20H28ClN3O4. The topological polar surface area (TPSA) is 79.0 Å². The van der Waals surface area contributed by atoms with E-state index in [4.69, 9.17) is 16.3 Å². The Labute approximate surface area is 171 Å². The second-order valence-corrected chi connectivity index (χ2v) is 8.18. The molecule has 7 nitrogen and oxygen atoms in total. The average molecular weight is 410 g/mol. The van der Waals surface area contributed by atoms with E-state index in [1.54, 1.807) is 42.7 Å². The van der Waals surface area contributed by atoms with Crippen LogP contribution in [0.3, 0.4) is 0 Å². The summed E-state index contributed by atoms with van der Waals surface area (Å²) in [6.07, 6.45) is -0.0268. The molecular weight excluding hydrogens is 382 g/mol. The summed E-state index contributed by atoms with van der Waals surface area (Å²) in [5.74, 6) is -0.0149. The third kappa shape index (κ3) is 7.38. The number of piperazine rings is 1. The molecule has 8 heteroatoms. The molecule has 28 heavy (non-hydrogen) atoms. The normalized spacial score (nSPS) is 14.6. The molecule has 1 aliphatic heterocycles. The quantitative estimate of drug-likeness (QED) is 0.810. The smallest absolute Gasteiger partial charge is 0.407 e. The van der Waals surface area contributed by atoms with Crippen molar-refractivity contribution < 1.29 is 19.1 Å². The van der Waals surface area contributed by atoms with Gasteiger partial charge in [-0.15, -0.1) is 0 Å². The molecule has 0 radical (unpaired) electrons. The van der Waals surface area contributed by atoms with Gasteiger partial charge in [0.25, 0.3) is 0 Å². The van der Waals surface area contributed by atoms with Gasteiger partial charge in [-0.25, -0.2) is 4.79 Å². The molecule has 2 rings (SSSR count). The number of halogens is 1. The van der Waals surface area contributed by atoms with E-state index < -0.39 is 11.7 Å². The Balaban J connectivity index is 1.70. The molecule has 0 bridgehead atoms. The Kier molecular flexibility index (Phi) is 7.69. The minimum absolute atomic E-state index is 0.0287. The molecule has 0 unspecified atom stereocenters. The van der Waals surface area contributed by atoms with Crippen molar-refractivity contribution in [2.24, 2.45) is 0 Å². The molecule has 0 saturated carbocycles. The Hall–Kier alpha value is -2.28. The third-order valence-corrected chi connectivity index (χ3v) is 4.47. The van der Waals surface area contributed by atoms with E-state index >= 15 is 0 Å². The minimum atomic E-state index is -0.567. The van der Waals surface area contributed by atoms with Gasteiger partial charge in [0.05, 0.1) is 6.42 Å². The number of carbonyl (C=O) groups is 3. The molecule has 1 fully saturated rings. The number of nitrogens with zero attached hydrogens (tertiary/aromatic N) is 2. The first-order chi connectivity index (χ1) is 13.1. The molecule has 0 aliphatic carbocycles. The van der Waals surface area contributed by atoms with Crippen LogP contribution < -0.4 is 5.32 Å². The Morgan fingerprint density at radius 1 is 1.07 bits per heavy atom. The molecule has 1 heterocycles. The van der Waals surface area contributed by atoms with Crippen molar-refractivity contribution in [3.05, 3.63) is 34.9 Å². The van der Waals surface area contributed by atoms with E-state index in [1.165, 1.54) is 0 Å². The second-order valence-electron chi connectivity index (χ2n) is 7.75. The van der Waals surface area contributed by atoms with Crippen molar-refractivity contribution >= 4 is 29.5 Å². The zero-order valence-corrected chi connectivity index (χ0v) is 17.4. The lowest BCUT2D eigenvalue weighted by atomic mass is 10.1. The number of ether oxygens (including phenoxy) is 1. The fourth-order valence-corrected chi connectivity index (χ4v) is 3.10. The molecule has 1 aromatic carbocycles.